The van der Waals surface area contributed by atoms with Crippen LogP contribution in [0.5, 0.6) is 5.75 Å². The standard InChI is InChI=1S/C14H30N2.C7H8O/c1-14(2,3)8-9-16-11-13-6-4-12(10-15)5-7-13;1-6-2-4-7(8)5-3-6/h12-13,16H,4-11,15H2,1-3H3;2-5,8H,1H3. The van der Waals surface area contributed by atoms with Gasteiger partial charge in [-0.25, -0.2) is 0 Å². The van der Waals surface area contributed by atoms with Crippen LogP contribution in [-0.4, -0.2) is 24.7 Å². The molecule has 1 fully saturated rings. The maximum absolute atomic E-state index is 8.76. The van der Waals surface area contributed by atoms with Gasteiger partial charge in [0.1, 0.15) is 5.75 Å². The second-order valence-electron chi connectivity index (χ2n) is 8.47. The van der Waals surface area contributed by atoms with Crippen LogP contribution in [0.1, 0.15) is 58.4 Å². The first kappa shape index (κ1) is 21.0. The van der Waals surface area contributed by atoms with Gasteiger partial charge in [-0.3, -0.25) is 0 Å². The van der Waals surface area contributed by atoms with E-state index in [1.165, 1.54) is 50.8 Å². The van der Waals surface area contributed by atoms with Crippen LogP contribution in [0, 0.1) is 24.2 Å². The smallest absolute Gasteiger partial charge is 0.115 e. The number of phenols is 1. The number of nitrogens with one attached hydrogen (secondary N) is 1. The van der Waals surface area contributed by atoms with E-state index >= 15 is 0 Å². The summed E-state index contributed by atoms with van der Waals surface area (Å²) >= 11 is 0. The van der Waals surface area contributed by atoms with Crippen molar-refractivity contribution < 1.29 is 5.11 Å². The molecule has 0 heterocycles. The van der Waals surface area contributed by atoms with Crippen LogP contribution in [0.3, 0.4) is 0 Å². The SMILES string of the molecule is CC(C)(C)CCNCC1CCC(CN)CC1.Cc1ccc(O)cc1. The molecule has 3 heteroatoms. The molecule has 1 aromatic carbocycles. The average molecular weight is 335 g/mol. The molecule has 1 aromatic rings. The van der Waals surface area contributed by atoms with Crippen molar-refractivity contribution >= 4 is 0 Å². The van der Waals surface area contributed by atoms with Crippen LogP contribution in [0.15, 0.2) is 24.3 Å². The Bertz CT molecular complexity index is 407. The topological polar surface area (TPSA) is 58.3 Å². The van der Waals surface area contributed by atoms with Gasteiger partial charge >= 0.3 is 0 Å². The van der Waals surface area contributed by atoms with Crippen LogP contribution in [0.4, 0.5) is 0 Å². The minimum absolute atomic E-state index is 0.329. The Kier molecular flexibility index (Phi) is 9.38. The monoisotopic (exact) mass is 334 g/mol. The number of hydrogen-bond acceptors (Lipinski definition) is 3. The highest BCUT2D eigenvalue weighted by molar-refractivity contribution is 5.24. The quantitative estimate of drug-likeness (QED) is 0.696. The third-order valence-corrected chi connectivity index (χ3v) is 4.82. The number of rotatable bonds is 5. The molecule has 0 atom stereocenters. The Hall–Kier alpha value is -1.06. The highest BCUT2D eigenvalue weighted by atomic mass is 16.3. The van der Waals surface area contributed by atoms with Gasteiger partial charge in [-0.05, 0) is 88.0 Å². The fourth-order valence-corrected chi connectivity index (χ4v) is 2.99. The molecule has 0 saturated heterocycles. The van der Waals surface area contributed by atoms with Crippen molar-refractivity contribution in [3.05, 3.63) is 29.8 Å². The van der Waals surface area contributed by atoms with Gasteiger partial charge in [0.15, 0.2) is 0 Å². The molecule has 1 saturated carbocycles. The Balaban J connectivity index is 0.000000300. The molecule has 0 amide bonds. The third-order valence-electron chi connectivity index (χ3n) is 4.82. The van der Waals surface area contributed by atoms with E-state index in [0.29, 0.717) is 11.2 Å². The molecule has 3 nitrogen and oxygen atoms in total. The largest absolute Gasteiger partial charge is 0.508 e. The number of benzene rings is 1. The van der Waals surface area contributed by atoms with Crippen molar-refractivity contribution in [3.63, 3.8) is 0 Å². The molecule has 138 valence electrons. The number of phenolic OH excluding ortho intramolecular Hbond substituents is 1. The molecule has 4 N–H and O–H groups in total. The Labute approximate surface area is 149 Å². The first-order valence-electron chi connectivity index (χ1n) is 9.46. The molecular formula is C21H38N2O. The van der Waals surface area contributed by atoms with Gasteiger partial charge in [0.05, 0.1) is 0 Å². The summed E-state index contributed by atoms with van der Waals surface area (Å²) in [7, 11) is 0. The van der Waals surface area contributed by atoms with E-state index in [2.05, 4.69) is 26.1 Å². The zero-order valence-electron chi connectivity index (χ0n) is 16.1. The molecule has 1 aliphatic carbocycles. The molecule has 1 aliphatic rings. The summed E-state index contributed by atoms with van der Waals surface area (Å²) in [6.45, 7) is 12.2. The normalized spacial score (nSPS) is 21.0. The molecule has 0 bridgehead atoms. The van der Waals surface area contributed by atoms with Crippen molar-refractivity contribution in [3.8, 4) is 5.75 Å². The molecule has 0 spiro atoms. The molecule has 24 heavy (non-hydrogen) atoms. The predicted octanol–water partition coefficient (Wildman–Crippen LogP) is 4.48. The van der Waals surface area contributed by atoms with E-state index in [1.807, 2.05) is 19.1 Å². The van der Waals surface area contributed by atoms with E-state index in [9.17, 15) is 0 Å². The third kappa shape index (κ3) is 9.94. The fraction of sp³-hybridized carbons (Fsp3) is 0.714. The summed E-state index contributed by atoms with van der Waals surface area (Å²) in [6.07, 6.45) is 6.73. The fourth-order valence-electron chi connectivity index (χ4n) is 2.99. The molecule has 0 aromatic heterocycles. The second-order valence-corrected chi connectivity index (χ2v) is 8.47. The first-order valence-corrected chi connectivity index (χ1v) is 9.46. The lowest BCUT2D eigenvalue weighted by Gasteiger charge is -2.28. The maximum atomic E-state index is 8.76. The summed E-state index contributed by atoms with van der Waals surface area (Å²) in [5, 5.41) is 12.4. The summed E-state index contributed by atoms with van der Waals surface area (Å²) in [4.78, 5) is 0. The molecule has 0 radical (unpaired) electrons. The lowest BCUT2D eigenvalue weighted by molar-refractivity contribution is 0.267. The second kappa shape index (κ2) is 10.7. The van der Waals surface area contributed by atoms with Crippen molar-refractivity contribution in [2.24, 2.45) is 23.0 Å². The van der Waals surface area contributed by atoms with Crippen molar-refractivity contribution in [2.45, 2.75) is 59.8 Å². The Morgan fingerprint density at radius 2 is 1.58 bits per heavy atom. The zero-order chi connectivity index (χ0) is 18.0. The number of aromatic hydroxyl groups is 1. The highest BCUT2D eigenvalue weighted by Gasteiger charge is 2.19. The average Bonchev–Trinajstić information content (AvgIpc) is 2.55. The van der Waals surface area contributed by atoms with Gasteiger partial charge in [-0.15, -0.1) is 0 Å². The van der Waals surface area contributed by atoms with Crippen LogP contribution in [0.25, 0.3) is 0 Å². The Morgan fingerprint density at radius 1 is 1.04 bits per heavy atom. The van der Waals surface area contributed by atoms with Crippen LogP contribution in [0.2, 0.25) is 0 Å². The molecule has 0 aliphatic heterocycles. The van der Waals surface area contributed by atoms with E-state index in [4.69, 9.17) is 10.8 Å². The maximum Gasteiger partial charge on any atom is 0.115 e. The summed E-state index contributed by atoms with van der Waals surface area (Å²) < 4.78 is 0. The van der Waals surface area contributed by atoms with Gasteiger partial charge < -0.3 is 16.2 Å². The van der Waals surface area contributed by atoms with Crippen molar-refractivity contribution in [1.82, 2.24) is 5.32 Å². The molecular weight excluding hydrogens is 296 g/mol. The highest BCUT2D eigenvalue weighted by Crippen LogP contribution is 2.27. The molecule has 2 rings (SSSR count). The summed E-state index contributed by atoms with van der Waals surface area (Å²) in [6, 6.07) is 7.09. The molecule has 0 unspecified atom stereocenters. The van der Waals surface area contributed by atoms with Crippen LogP contribution < -0.4 is 11.1 Å². The van der Waals surface area contributed by atoms with E-state index in [-0.39, 0.29) is 0 Å². The van der Waals surface area contributed by atoms with Gasteiger partial charge in [0.25, 0.3) is 0 Å². The predicted molar refractivity (Wildman–Crippen MR) is 104 cm³/mol. The number of aryl methyl sites for hydroxylation is 1. The minimum atomic E-state index is 0.329. The Morgan fingerprint density at radius 3 is 2.04 bits per heavy atom. The van der Waals surface area contributed by atoms with Crippen molar-refractivity contribution in [1.29, 1.82) is 0 Å². The number of nitrogens with two attached hydrogens (primary N) is 1. The first-order chi connectivity index (χ1) is 11.3. The lowest BCUT2D eigenvalue weighted by atomic mass is 9.82. The van der Waals surface area contributed by atoms with Crippen LogP contribution in [-0.2, 0) is 0 Å². The number of hydrogen-bond donors (Lipinski definition) is 3. The van der Waals surface area contributed by atoms with Crippen LogP contribution >= 0.6 is 0 Å². The van der Waals surface area contributed by atoms with E-state index in [1.54, 1.807) is 12.1 Å². The lowest BCUT2D eigenvalue weighted by Crippen LogP contribution is -2.30. The van der Waals surface area contributed by atoms with Gasteiger partial charge in [-0.1, -0.05) is 38.5 Å². The van der Waals surface area contributed by atoms with E-state index < -0.39 is 0 Å². The van der Waals surface area contributed by atoms with Gasteiger partial charge in [0, 0.05) is 0 Å². The minimum Gasteiger partial charge on any atom is -0.508 e. The van der Waals surface area contributed by atoms with E-state index in [0.717, 1.165) is 18.4 Å². The summed E-state index contributed by atoms with van der Waals surface area (Å²) in [5.74, 6) is 2.05. The van der Waals surface area contributed by atoms with Gasteiger partial charge in [0.2, 0.25) is 0 Å². The van der Waals surface area contributed by atoms with Gasteiger partial charge in [-0.2, -0.15) is 0 Å². The zero-order valence-corrected chi connectivity index (χ0v) is 16.1. The van der Waals surface area contributed by atoms with Crippen molar-refractivity contribution in [2.75, 3.05) is 19.6 Å². The summed E-state index contributed by atoms with van der Waals surface area (Å²) in [5.41, 5.74) is 7.33.